The lowest BCUT2D eigenvalue weighted by atomic mass is 10.1. The van der Waals surface area contributed by atoms with Gasteiger partial charge in [0.1, 0.15) is 11.3 Å². The molecular weight excluding hydrogens is 182 g/mol. The van der Waals surface area contributed by atoms with Crippen LogP contribution in [0.25, 0.3) is 0 Å². The fraction of sp³-hybridized carbons (Fsp3) is 0.300. The van der Waals surface area contributed by atoms with Gasteiger partial charge in [-0.1, -0.05) is 0 Å². The molecule has 1 aromatic rings. The van der Waals surface area contributed by atoms with Crippen molar-refractivity contribution in [2.45, 2.75) is 6.54 Å². The fourth-order valence-electron chi connectivity index (χ4n) is 1.18. The van der Waals surface area contributed by atoms with E-state index < -0.39 is 5.97 Å². The quantitative estimate of drug-likeness (QED) is 0.703. The molecule has 0 unspecified atom stereocenters. The van der Waals surface area contributed by atoms with Crippen LogP contribution in [0.1, 0.15) is 15.9 Å². The zero-order valence-electron chi connectivity index (χ0n) is 8.37. The highest BCUT2D eigenvalue weighted by atomic mass is 16.5. The molecule has 0 spiro atoms. The van der Waals surface area contributed by atoms with Gasteiger partial charge in [-0.2, -0.15) is 0 Å². The monoisotopic (exact) mass is 196 g/mol. The lowest BCUT2D eigenvalue weighted by molar-refractivity contribution is -0.386. The zero-order valence-corrected chi connectivity index (χ0v) is 8.37. The predicted octanol–water partition coefficient (Wildman–Crippen LogP) is 0.224. The number of carbonyl (C=O) groups excluding carboxylic acids is 1. The summed E-state index contributed by atoms with van der Waals surface area (Å²) in [5.74, 6) is 0.131. The van der Waals surface area contributed by atoms with E-state index >= 15 is 0 Å². The number of benzene rings is 1. The van der Waals surface area contributed by atoms with Gasteiger partial charge in [0.05, 0.1) is 20.8 Å². The zero-order chi connectivity index (χ0) is 10.6. The Morgan fingerprint density at radius 3 is 2.64 bits per heavy atom. The Labute approximate surface area is 82.6 Å². The average molecular weight is 196 g/mol. The van der Waals surface area contributed by atoms with Gasteiger partial charge in [0, 0.05) is 5.56 Å². The molecule has 0 radical (unpaired) electrons. The van der Waals surface area contributed by atoms with Gasteiger partial charge in [-0.25, -0.2) is 4.79 Å². The van der Waals surface area contributed by atoms with Crippen LogP contribution in [-0.4, -0.2) is 20.2 Å². The summed E-state index contributed by atoms with van der Waals surface area (Å²) in [6, 6.07) is 5.35. The molecule has 3 N–H and O–H groups in total. The molecule has 0 saturated carbocycles. The maximum atomic E-state index is 11.3. The van der Waals surface area contributed by atoms with Crippen LogP contribution in [0.2, 0.25) is 0 Å². The number of hydrogen-bond acceptors (Lipinski definition) is 3. The van der Waals surface area contributed by atoms with Crippen LogP contribution in [0.5, 0.6) is 5.75 Å². The lowest BCUT2D eigenvalue weighted by Crippen LogP contribution is -2.47. The van der Waals surface area contributed by atoms with Crippen LogP contribution < -0.4 is 10.5 Å². The second-order valence-corrected chi connectivity index (χ2v) is 2.78. The minimum absolute atomic E-state index is 0.392. The molecule has 76 valence electrons. The molecule has 4 nitrogen and oxygen atoms in total. The molecule has 0 aliphatic carbocycles. The van der Waals surface area contributed by atoms with Crippen molar-refractivity contribution >= 4 is 5.97 Å². The minimum atomic E-state index is -0.392. The van der Waals surface area contributed by atoms with Gasteiger partial charge in [-0.05, 0) is 18.2 Å². The smallest absolute Gasteiger partial charge is 0.341 e. The van der Waals surface area contributed by atoms with Crippen LogP contribution in [0.4, 0.5) is 0 Å². The molecular formula is C10H14NO3+. The van der Waals surface area contributed by atoms with Crippen molar-refractivity contribution in [3.05, 3.63) is 29.3 Å². The standard InChI is InChI=1S/C10H13NO3/c1-13-9-4-3-7(6-11)5-8(9)10(12)14-2/h3-5H,6,11H2,1-2H3/p+1. The maximum Gasteiger partial charge on any atom is 0.341 e. The summed E-state index contributed by atoms with van der Waals surface area (Å²) in [7, 11) is 2.87. The molecule has 4 heteroatoms. The number of rotatable bonds is 3. The van der Waals surface area contributed by atoms with Crippen LogP contribution in [0, 0.1) is 0 Å². The van der Waals surface area contributed by atoms with Crippen molar-refractivity contribution in [2.75, 3.05) is 14.2 Å². The van der Waals surface area contributed by atoms with E-state index in [0.29, 0.717) is 17.9 Å². The summed E-state index contributed by atoms with van der Waals surface area (Å²) < 4.78 is 9.69. The van der Waals surface area contributed by atoms with E-state index in [1.165, 1.54) is 14.2 Å². The summed E-state index contributed by atoms with van der Waals surface area (Å²) in [5.41, 5.74) is 5.16. The fourth-order valence-corrected chi connectivity index (χ4v) is 1.18. The van der Waals surface area contributed by atoms with Gasteiger partial charge in [0.15, 0.2) is 0 Å². The van der Waals surface area contributed by atoms with Crippen LogP contribution >= 0.6 is 0 Å². The van der Waals surface area contributed by atoms with Gasteiger partial charge in [0.25, 0.3) is 0 Å². The Morgan fingerprint density at radius 2 is 2.14 bits per heavy atom. The second kappa shape index (κ2) is 4.62. The Balaban J connectivity index is 3.14. The first kappa shape index (κ1) is 10.5. The molecule has 0 aliphatic heterocycles. The molecule has 0 amide bonds. The van der Waals surface area contributed by atoms with Crippen LogP contribution in [0.3, 0.4) is 0 Å². The highest BCUT2D eigenvalue weighted by Crippen LogP contribution is 2.20. The first-order chi connectivity index (χ1) is 6.72. The van der Waals surface area contributed by atoms with Crippen molar-refractivity contribution in [1.29, 1.82) is 0 Å². The molecule has 0 fully saturated rings. The van der Waals surface area contributed by atoms with E-state index in [0.717, 1.165) is 5.56 Å². The predicted molar refractivity (Wildman–Crippen MR) is 50.9 cm³/mol. The summed E-state index contributed by atoms with van der Waals surface area (Å²) in [6.07, 6.45) is 0. The molecule has 0 aliphatic rings. The number of ether oxygens (including phenoxy) is 2. The summed E-state index contributed by atoms with van der Waals surface area (Å²) in [4.78, 5) is 11.3. The number of quaternary nitrogens is 1. The third-order valence-corrected chi connectivity index (χ3v) is 1.96. The highest BCUT2D eigenvalue weighted by Gasteiger charge is 2.13. The Hall–Kier alpha value is -1.55. The van der Waals surface area contributed by atoms with Gasteiger partial charge in [-0.3, -0.25) is 0 Å². The molecule has 0 bridgehead atoms. The molecule has 0 saturated heterocycles. The third-order valence-electron chi connectivity index (χ3n) is 1.96. The third kappa shape index (κ3) is 2.03. The number of methoxy groups -OCH3 is 2. The summed E-state index contributed by atoms with van der Waals surface area (Å²) >= 11 is 0. The molecule has 0 heterocycles. The lowest BCUT2D eigenvalue weighted by Gasteiger charge is -2.07. The normalized spacial score (nSPS) is 9.64. The van der Waals surface area contributed by atoms with Crippen molar-refractivity contribution < 1.29 is 20.0 Å². The Bertz CT molecular complexity index is 336. The molecule has 0 aromatic heterocycles. The van der Waals surface area contributed by atoms with Crippen molar-refractivity contribution in [1.82, 2.24) is 0 Å². The highest BCUT2D eigenvalue weighted by molar-refractivity contribution is 5.92. The van der Waals surface area contributed by atoms with E-state index in [1.54, 1.807) is 12.1 Å². The Kier molecular flexibility index (Phi) is 3.48. The van der Waals surface area contributed by atoms with E-state index in [1.807, 2.05) is 6.07 Å². The molecule has 1 aromatic carbocycles. The molecule has 0 atom stereocenters. The van der Waals surface area contributed by atoms with E-state index in [4.69, 9.17) is 4.74 Å². The van der Waals surface area contributed by atoms with E-state index in [9.17, 15) is 4.79 Å². The van der Waals surface area contributed by atoms with Gasteiger partial charge in [-0.15, -0.1) is 0 Å². The summed E-state index contributed by atoms with van der Waals surface area (Å²) in [6.45, 7) is 0.633. The summed E-state index contributed by atoms with van der Waals surface area (Å²) in [5, 5.41) is 0. The number of carbonyl (C=O) groups is 1. The van der Waals surface area contributed by atoms with Crippen molar-refractivity contribution in [3.63, 3.8) is 0 Å². The molecule has 1 rings (SSSR count). The maximum absolute atomic E-state index is 11.3. The van der Waals surface area contributed by atoms with Crippen molar-refractivity contribution in [2.24, 2.45) is 0 Å². The first-order valence-electron chi connectivity index (χ1n) is 4.27. The SMILES string of the molecule is COC(=O)c1cc(C[NH3+])ccc1OC. The van der Waals surface area contributed by atoms with Crippen molar-refractivity contribution in [3.8, 4) is 5.75 Å². The number of hydrogen-bond donors (Lipinski definition) is 1. The van der Waals surface area contributed by atoms with Crippen LogP contribution in [-0.2, 0) is 11.3 Å². The largest absolute Gasteiger partial charge is 0.496 e. The minimum Gasteiger partial charge on any atom is -0.496 e. The first-order valence-corrected chi connectivity index (χ1v) is 4.27. The number of esters is 1. The van der Waals surface area contributed by atoms with Crippen LogP contribution in [0.15, 0.2) is 18.2 Å². The average Bonchev–Trinajstić information content (AvgIpc) is 2.27. The second-order valence-electron chi connectivity index (χ2n) is 2.78. The Morgan fingerprint density at radius 1 is 1.43 bits per heavy atom. The van der Waals surface area contributed by atoms with E-state index in [2.05, 4.69) is 10.5 Å². The van der Waals surface area contributed by atoms with Gasteiger partial charge >= 0.3 is 5.97 Å². The van der Waals surface area contributed by atoms with Gasteiger partial charge in [0.2, 0.25) is 0 Å². The molecule has 14 heavy (non-hydrogen) atoms. The van der Waals surface area contributed by atoms with Gasteiger partial charge < -0.3 is 15.2 Å². The van der Waals surface area contributed by atoms with E-state index in [-0.39, 0.29) is 0 Å². The topological polar surface area (TPSA) is 63.2 Å².